The van der Waals surface area contributed by atoms with Gasteiger partial charge >= 0.3 is 0 Å². The molecule has 0 spiro atoms. The molecule has 0 bridgehead atoms. The molecule has 1 saturated heterocycles. The molecular weight excluding hydrogens is 382 g/mol. The zero-order chi connectivity index (χ0) is 20.3. The van der Waals surface area contributed by atoms with E-state index in [1.807, 2.05) is 31.2 Å². The number of hydrogen-bond acceptors (Lipinski definition) is 6. The molecule has 1 fully saturated rings. The van der Waals surface area contributed by atoms with E-state index in [4.69, 9.17) is 0 Å². The number of hydrazone groups is 1. The number of carbonyl (C=O) groups excluding carboxylic acids is 2. The Morgan fingerprint density at radius 1 is 1.32 bits per heavy atom. The summed E-state index contributed by atoms with van der Waals surface area (Å²) in [6.07, 6.45) is 1.52. The Kier molecular flexibility index (Phi) is 6.14. The zero-order valence-corrected chi connectivity index (χ0v) is 16.6. The van der Waals surface area contributed by atoms with Crippen molar-refractivity contribution < 1.29 is 23.1 Å². The van der Waals surface area contributed by atoms with Crippen molar-refractivity contribution in [3.8, 4) is 0 Å². The van der Waals surface area contributed by atoms with Crippen LogP contribution in [0.4, 0.5) is 0 Å². The summed E-state index contributed by atoms with van der Waals surface area (Å²) >= 11 is 0. The van der Waals surface area contributed by atoms with Crippen molar-refractivity contribution in [1.29, 1.82) is 0 Å². The highest BCUT2D eigenvalue weighted by Crippen LogP contribution is 2.22. The van der Waals surface area contributed by atoms with Gasteiger partial charge in [0.1, 0.15) is 5.71 Å². The Morgan fingerprint density at radius 2 is 2.04 bits per heavy atom. The predicted octanol–water partition coefficient (Wildman–Crippen LogP) is 0.564. The lowest BCUT2D eigenvalue weighted by molar-refractivity contribution is -0.133. The van der Waals surface area contributed by atoms with Crippen molar-refractivity contribution in [2.75, 3.05) is 18.1 Å². The smallest absolute Gasteiger partial charge is 0.268 e. The molecule has 2 atom stereocenters. The number of aryl methyl sites for hydroxylation is 1. The van der Waals surface area contributed by atoms with E-state index < -0.39 is 27.8 Å². The van der Waals surface area contributed by atoms with Crippen LogP contribution in [0.1, 0.15) is 43.4 Å². The molecule has 2 unspecified atom stereocenters. The number of hydrogen-bond donors (Lipinski definition) is 2. The molecule has 9 heteroatoms. The fourth-order valence-corrected chi connectivity index (χ4v) is 5.14. The molecule has 1 aromatic carbocycles. The van der Waals surface area contributed by atoms with Crippen LogP contribution in [0.25, 0.3) is 0 Å². The number of benzene rings is 1. The van der Waals surface area contributed by atoms with E-state index in [1.165, 1.54) is 0 Å². The minimum Gasteiger partial charge on any atom is -0.394 e. The second-order valence-electron chi connectivity index (χ2n) is 7.15. The topological polar surface area (TPSA) is 116 Å². The molecule has 2 amide bonds. The fourth-order valence-electron chi connectivity index (χ4n) is 3.45. The van der Waals surface area contributed by atoms with Crippen molar-refractivity contribution in [3.05, 3.63) is 35.4 Å². The molecule has 0 radical (unpaired) electrons. The van der Waals surface area contributed by atoms with Crippen LogP contribution in [0.15, 0.2) is 29.4 Å². The average molecular weight is 407 g/mol. The number of rotatable bonds is 6. The van der Waals surface area contributed by atoms with Gasteiger partial charge in [-0.05, 0) is 24.0 Å². The summed E-state index contributed by atoms with van der Waals surface area (Å²) in [5.41, 5.74) is 2.11. The maximum atomic E-state index is 12.6. The van der Waals surface area contributed by atoms with Crippen molar-refractivity contribution in [3.63, 3.8) is 0 Å². The molecule has 2 aliphatic rings. The number of amides is 2. The number of nitrogens with one attached hydrogen (secondary N) is 1. The highest BCUT2D eigenvalue weighted by Gasteiger charge is 2.37. The maximum absolute atomic E-state index is 12.6. The lowest BCUT2D eigenvalue weighted by Gasteiger charge is -2.28. The largest absolute Gasteiger partial charge is 0.394 e. The van der Waals surface area contributed by atoms with Gasteiger partial charge in [-0.25, -0.2) is 13.4 Å². The van der Waals surface area contributed by atoms with Gasteiger partial charge in [-0.15, -0.1) is 0 Å². The molecule has 0 aromatic heterocycles. The molecule has 1 aromatic rings. The molecule has 8 nitrogen and oxygen atoms in total. The second-order valence-corrected chi connectivity index (χ2v) is 9.37. The third kappa shape index (κ3) is 4.59. The molecule has 2 N–H and O–H groups in total. The van der Waals surface area contributed by atoms with Gasteiger partial charge in [0.25, 0.3) is 5.91 Å². The Bertz CT molecular complexity index is 879. The summed E-state index contributed by atoms with van der Waals surface area (Å²) in [4.78, 5) is 24.8. The molecule has 3 rings (SSSR count). The van der Waals surface area contributed by atoms with Crippen molar-refractivity contribution in [2.45, 2.75) is 44.7 Å². The number of sulfone groups is 1. The highest BCUT2D eigenvalue weighted by molar-refractivity contribution is 7.91. The minimum absolute atomic E-state index is 0.0266. The van der Waals surface area contributed by atoms with Crippen LogP contribution in [0.3, 0.4) is 0 Å². The van der Waals surface area contributed by atoms with Crippen molar-refractivity contribution in [1.82, 2.24) is 10.3 Å². The molecule has 2 aliphatic heterocycles. The van der Waals surface area contributed by atoms with Crippen molar-refractivity contribution in [2.24, 2.45) is 5.10 Å². The Morgan fingerprint density at radius 3 is 2.61 bits per heavy atom. The number of aliphatic hydroxyl groups is 1. The molecule has 28 heavy (non-hydrogen) atoms. The van der Waals surface area contributed by atoms with E-state index in [2.05, 4.69) is 10.4 Å². The van der Waals surface area contributed by atoms with Gasteiger partial charge in [0.2, 0.25) is 5.91 Å². The summed E-state index contributed by atoms with van der Waals surface area (Å²) in [6.45, 7) is 1.78. The van der Waals surface area contributed by atoms with Crippen molar-refractivity contribution >= 4 is 27.4 Å². The molecule has 0 saturated carbocycles. The van der Waals surface area contributed by atoms with E-state index in [9.17, 15) is 23.1 Å². The zero-order valence-electron chi connectivity index (χ0n) is 15.8. The normalized spacial score (nSPS) is 22.6. The van der Waals surface area contributed by atoms with Crippen LogP contribution in [0, 0.1) is 0 Å². The number of carbonyl (C=O) groups is 2. The lowest BCUT2D eigenvalue weighted by atomic mass is 10.0. The van der Waals surface area contributed by atoms with Gasteiger partial charge in [0.05, 0.1) is 30.2 Å². The molecule has 0 aliphatic carbocycles. The summed E-state index contributed by atoms with van der Waals surface area (Å²) in [5, 5.41) is 17.8. The van der Waals surface area contributed by atoms with Crippen LogP contribution in [-0.2, 0) is 25.8 Å². The summed E-state index contributed by atoms with van der Waals surface area (Å²) in [5.74, 6) is -0.830. The Balaban J connectivity index is 1.72. The van der Waals surface area contributed by atoms with Gasteiger partial charge < -0.3 is 10.4 Å². The van der Waals surface area contributed by atoms with Crippen LogP contribution >= 0.6 is 0 Å². The standard InChI is InChI=1S/C19H25N3O5S/c1-2-13-3-5-14(6-4-13)17(11-23)20-19(25)16-7-8-18(24)22(21-16)15-9-10-28(26,27)12-15/h3-6,15,17,23H,2,7-12H2,1H3,(H,20,25). The maximum Gasteiger partial charge on any atom is 0.268 e. The van der Waals surface area contributed by atoms with Crippen LogP contribution in [0.2, 0.25) is 0 Å². The molecule has 2 heterocycles. The van der Waals surface area contributed by atoms with Gasteiger partial charge in [0.15, 0.2) is 9.84 Å². The minimum atomic E-state index is -3.17. The first kappa shape index (κ1) is 20.5. The first-order valence-corrected chi connectivity index (χ1v) is 11.3. The van der Waals surface area contributed by atoms with E-state index in [-0.39, 0.29) is 42.6 Å². The predicted molar refractivity (Wildman–Crippen MR) is 104 cm³/mol. The second kappa shape index (κ2) is 8.40. The average Bonchev–Trinajstić information content (AvgIpc) is 3.06. The van der Waals surface area contributed by atoms with Gasteiger partial charge in [0, 0.05) is 12.8 Å². The van der Waals surface area contributed by atoms with E-state index in [0.717, 1.165) is 22.6 Å². The van der Waals surface area contributed by atoms with Gasteiger partial charge in [-0.2, -0.15) is 5.10 Å². The van der Waals surface area contributed by atoms with E-state index in [0.29, 0.717) is 6.42 Å². The molecular formula is C19H25N3O5S. The number of nitrogens with zero attached hydrogens (tertiary/aromatic N) is 2. The summed E-state index contributed by atoms with van der Waals surface area (Å²) in [7, 11) is -3.17. The SMILES string of the molecule is CCc1ccc(C(CO)NC(=O)C2=NN(C3CCS(=O)(=O)C3)C(=O)CC2)cc1. The van der Waals surface area contributed by atoms with E-state index in [1.54, 1.807) is 0 Å². The monoisotopic (exact) mass is 407 g/mol. The lowest BCUT2D eigenvalue weighted by Crippen LogP contribution is -2.44. The summed E-state index contributed by atoms with van der Waals surface area (Å²) in [6, 6.07) is 6.52. The molecule has 152 valence electrons. The van der Waals surface area contributed by atoms with E-state index >= 15 is 0 Å². The Labute approximate surface area is 164 Å². The first-order chi connectivity index (χ1) is 13.3. The summed E-state index contributed by atoms with van der Waals surface area (Å²) < 4.78 is 23.4. The fraction of sp³-hybridized carbons (Fsp3) is 0.526. The van der Waals surface area contributed by atoms with Gasteiger partial charge in [-0.1, -0.05) is 31.2 Å². The Hall–Kier alpha value is -2.26. The van der Waals surface area contributed by atoms with Crippen LogP contribution in [-0.4, -0.2) is 60.2 Å². The van der Waals surface area contributed by atoms with Crippen LogP contribution in [0.5, 0.6) is 0 Å². The number of aliphatic hydroxyl groups excluding tert-OH is 1. The highest BCUT2D eigenvalue weighted by atomic mass is 32.2. The third-order valence-corrected chi connectivity index (χ3v) is 6.90. The first-order valence-electron chi connectivity index (χ1n) is 9.43. The third-order valence-electron chi connectivity index (χ3n) is 5.15. The quantitative estimate of drug-likeness (QED) is 0.715. The van der Waals surface area contributed by atoms with Gasteiger partial charge in [-0.3, -0.25) is 9.59 Å². The van der Waals surface area contributed by atoms with Crippen LogP contribution < -0.4 is 5.32 Å².